The first-order chi connectivity index (χ1) is 7.11. The Bertz CT molecular complexity index is 587. The molecule has 0 atom stereocenters. The lowest BCUT2D eigenvalue weighted by atomic mass is 10.1. The number of hydrogen-bond donors (Lipinski definition) is 0. The number of nitrogens with zero attached hydrogens (tertiary/aromatic N) is 2. The second-order valence-electron chi connectivity index (χ2n) is 3.21. The van der Waals surface area contributed by atoms with Gasteiger partial charge in [0.1, 0.15) is 11.9 Å². The van der Waals surface area contributed by atoms with Gasteiger partial charge in [0.2, 0.25) is 0 Å². The number of rotatable bonds is 0. The van der Waals surface area contributed by atoms with Crippen LogP contribution in [0.25, 0.3) is 10.9 Å². The lowest BCUT2D eigenvalue weighted by molar-refractivity contribution is 0.629. The maximum absolute atomic E-state index is 13.1. The molecule has 0 spiro atoms. The number of halogens is 2. The third-order valence-corrected chi connectivity index (χ3v) is 2.39. The summed E-state index contributed by atoms with van der Waals surface area (Å²) in [6, 6.07) is 5.99. The van der Waals surface area contributed by atoms with E-state index in [1.165, 1.54) is 6.07 Å². The SMILES string of the molecule is Cc1cc(Cl)c2cc(F)cc(C#N)c2n1. The van der Waals surface area contributed by atoms with Crippen LogP contribution in [0.2, 0.25) is 5.02 Å². The maximum Gasteiger partial charge on any atom is 0.125 e. The minimum atomic E-state index is -0.480. The quantitative estimate of drug-likeness (QED) is 0.684. The highest BCUT2D eigenvalue weighted by molar-refractivity contribution is 6.35. The molecule has 0 radical (unpaired) electrons. The molecule has 4 heteroatoms. The van der Waals surface area contributed by atoms with Crippen molar-refractivity contribution >= 4 is 22.5 Å². The molecule has 0 saturated carbocycles. The average Bonchev–Trinajstić information content (AvgIpc) is 2.18. The predicted molar refractivity (Wildman–Crippen MR) is 56.2 cm³/mol. The fraction of sp³-hybridized carbons (Fsp3) is 0.0909. The van der Waals surface area contributed by atoms with E-state index in [2.05, 4.69) is 4.98 Å². The smallest absolute Gasteiger partial charge is 0.125 e. The molecular formula is C11H6ClFN2. The van der Waals surface area contributed by atoms with Gasteiger partial charge < -0.3 is 0 Å². The zero-order chi connectivity index (χ0) is 11.0. The van der Waals surface area contributed by atoms with E-state index in [9.17, 15) is 4.39 Å². The van der Waals surface area contributed by atoms with Gasteiger partial charge in [-0.25, -0.2) is 4.39 Å². The van der Waals surface area contributed by atoms with Crippen molar-refractivity contribution in [3.05, 3.63) is 40.3 Å². The topological polar surface area (TPSA) is 36.7 Å². The van der Waals surface area contributed by atoms with Gasteiger partial charge in [-0.05, 0) is 25.1 Å². The maximum atomic E-state index is 13.1. The van der Waals surface area contributed by atoms with E-state index in [1.54, 1.807) is 13.0 Å². The van der Waals surface area contributed by atoms with E-state index in [0.717, 1.165) is 6.07 Å². The highest BCUT2D eigenvalue weighted by Gasteiger charge is 2.08. The van der Waals surface area contributed by atoms with E-state index in [-0.39, 0.29) is 5.56 Å². The van der Waals surface area contributed by atoms with Crippen LogP contribution >= 0.6 is 11.6 Å². The van der Waals surface area contributed by atoms with Crippen LogP contribution in [-0.4, -0.2) is 4.98 Å². The van der Waals surface area contributed by atoms with E-state index in [0.29, 0.717) is 21.6 Å². The average molecular weight is 221 g/mol. The Morgan fingerprint density at radius 2 is 2.13 bits per heavy atom. The Morgan fingerprint density at radius 3 is 2.80 bits per heavy atom. The van der Waals surface area contributed by atoms with Crippen LogP contribution in [0.15, 0.2) is 18.2 Å². The summed E-state index contributed by atoms with van der Waals surface area (Å²) in [5, 5.41) is 9.72. The first-order valence-corrected chi connectivity index (χ1v) is 4.66. The van der Waals surface area contributed by atoms with Crippen LogP contribution in [0.1, 0.15) is 11.3 Å². The number of pyridine rings is 1. The molecule has 15 heavy (non-hydrogen) atoms. The lowest BCUT2D eigenvalue weighted by Crippen LogP contribution is -1.90. The van der Waals surface area contributed by atoms with Crippen molar-refractivity contribution in [2.75, 3.05) is 0 Å². The molecule has 0 saturated heterocycles. The lowest BCUT2D eigenvalue weighted by Gasteiger charge is -2.03. The van der Waals surface area contributed by atoms with Gasteiger partial charge >= 0.3 is 0 Å². The predicted octanol–water partition coefficient (Wildman–Crippen LogP) is 3.21. The van der Waals surface area contributed by atoms with Crippen LogP contribution in [-0.2, 0) is 0 Å². The van der Waals surface area contributed by atoms with E-state index in [1.807, 2.05) is 6.07 Å². The number of fused-ring (bicyclic) bond motifs is 1. The molecule has 0 aliphatic carbocycles. The zero-order valence-electron chi connectivity index (χ0n) is 7.88. The van der Waals surface area contributed by atoms with Gasteiger partial charge in [0.15, 0.2) is 0 Å². The van der Waals surface area contributed by atoms with Gasteiger partial charge in [-0.1, -0.05) is 11.6 Å². The molecule has 1 aromatic heterocycles. The summed E-state index contributed by atoms with van der Waals surface area (Å²) < 4.78 is 13.1. The summed E-state index contributed by atoms with van der Waals surface area (Å²) in [7, 11) is 0. The van der Waals surface area contributed by atoms with Crippen LogP contribution in [0.3, 0.4) is 0 Å². The monoisotopic (exact) mass is 220 g/mol. The third-order valence-electron chi connectivity index (χ3n) is 2.08. The Balaban J connectivity index is 2.98. The van der Waals surface area contributed by atoms with Crippen molar-refractivity contribution in [2.24, 2.45) is 0 Å². The van der Waals surface area contributed by atoms with Gasteiger partial charge in [-0.3, -0.25) is 4.98 Å². The van der Waals surface area contributed by atoms with Crippen molar-refractivity contribution < 1.29 is 4.39 Å². The van der Waals surface area contributed by atoms with Crippen molar-refractivity contribution in [1.82, 2.24) is 4.98 Å². The molecular weight excluding hydrogens is 215 g/mol. The molecule has 0 unspecified atom stereocenters. The third kappa shape index (κ3) is 1.64. The molecule has 2 aromatic rings. The van der Waals surface area contributed by atoms with Crippen molar-refractivity contribution in [2.45, 2.75) is 6.92 Å². The highest BCUT2D eigenvalue weighted by Crippen LogP contribution is 2.26. The van der Waals surface area contributed by atoms with Crippen LogP contribution < -0.4 is 0 Å². The van der Waals surface area contributed by atoms with Gasteiger partial charge in [-0.2, -0.15) is 5.26 Å². The van der Waals surface area contributed by atoms with Gasteiger partial charge in [0, 0.05) is 11.1 Å². The summed E-state index contributed by atoms with van der Waals surface area (Å²) in [5.74, 6) is -0.480. The molecule has 74 valence electrons. The van der Waals surface area contributed by atoms with Crippen molar-refractivity contribution in [1.29, 1.82) is 5.26 Å². The summed E-state index contributed by atoms with van der Waals surface area (Å²) in [4.78, 5) is 4.17. The Labute approximate surface area is 90.9 Å². The van der Waals surface area contributed by atoms with Gasteiger partial charge in [-0.15, -0.1) is 0 Å². The van der Waals surface area contributed by atoms with Crippen LogP contribution in [0, 0.1) is 24.1 Å². The molecule has 0 aliphatic rings. The van der Waals surface area contributed by atoms with Gasteiger partial charge in [0.05, 0.1) is 16.1 Å². The zero-order valence-corrected chi connectivity index (χ0v) is 8.64. The van der Waals surface area contributed by atoms with Crippen molar-refractivity contribution in [3.8, 4) is 6.07 Å². The Hall–Kier alpha value is -1.66. The number of nitriles is 1. The highest BCUT2D eigenvalue weighted by atomic mass is 35.5. The molecule has 0 aliphatic heterocycles. The second kappa shape index (κ2) is 3.48. The molecule has 2 rings (SSSR count). The summed E-state index contributed by atoms with van der Waals surface area (Å²) in [6.07, 6.45) is 0. The van der Waals surface area contributed by atoms with E-state index in [4.69, 9.17) is 16.9 Å². The Morgan fingerprint density at radius 1 is 1.40 bits per heavy atom. The molecule has 1 aromatic carbocycles. The minimum absolute atomic E-state index is 0.204. The summed E-state index contributed by atoms with van der Waals surface area (Å²) >= 11 is 5.95. The summed E-state index contributed by atoms with van der Waals surface area (Å²) in [5.41, 5.74) is 1.36. The fourth-order valence-electron chi connectivity index (χ4n) is 1.46. The number of benzene rings is 1. The normalized spacial score (nSPS) is 10.3. The minimum Gasteiger partial charge on any atom is -0.252 e. The van der Waals surface area contributed by atoms with Crippen molar-refractivity contribution in [3.63, 3.8) is 0 Å². The molecule has 0 N–H and O–H groups in total. The summed E-state index contributed by atoms with van der Waals surface area (Å²) in [6.45, 7) is 1.77. The largest absolute Gasteiger partial charge is 0.252 e. The first kappa shape index (κ1) is 9.88. The van der Waals surface area contributed by atoms with Gasteiger partial charge in [0.25, 0.3) is 0 Å². The molecule has 0 bridgehead atoms. The first-order valence-electron chi connectivity index (χ1n) is 4.28. The molecule has 2 nitrogen and oxygen atoms in total. The molecule has 0 fully saturated rings. The number of aromatic nitrogens is 1. The number of aryl methyl sites for hydroxylation is 1. The standard InChI is InChI=1S/C11H6ClFN2/c1-6-2-10(12)9-4-8(13)3-7(5-14)11(9)15-6/h2-4H,1H3. The van der Waals surface area contributed by atoms with Crippen LogP contribution in [0.5, 0.6) is 0 Å². The Kier molecular flexibility index (Phi) is 2.29. The van der Waals surface area contributed by atoms with Crippen LogP contribution in [0.4, 0.5) is 4.39 Å². The fourth-order valence-corrected chi connectivity index (χ4v) is 1.76. The second-order valence-corrected chi connectivity index (χ2v) is 3.61. The number of hydrogen-bond acceptors (Lipinski definition) is 2. The van der Waals surface area contributed by atoms with E-state index < -0.39 is 5.82 Å². The molecule has 0 amide bonds. The molecule has 1 heterocycles. The van der Waals surface area contributed by atoms with E-state index >= 15 is 0 Å².